The monoisotopic (exact) mass is 208 g/mol. The van der Waals surface area contributed by atoms with Crippen molar-refractivity contribution >= 4 is 5.97 Å². The van der Waals surface area contributed by atoms with Crippen molar-refractivity contribution in [3.63, 3.8) is 0 Å². The van der Waals surface area contributed by atoms with E-state index < -0.39 is 17.8 Å². The van der Waals surface area contributed by atoms with Crippen molar-refractivity contribution in [3.05, 3.63) is 35.1 Å². The standard InChI is InChI=1S/C10H9FN2O2/c1-15-10(14)9(13)6-2-3-8(11)7(4-6)5-12/h2-4,9H,13H2,1H3. The summed E-state index contributed by atoms with van der Waals surface area (Å²) in [4.78, 5) is 11.1. The summed E-state index contributed by atoms with van der Waals surface area (Å²) in [7, 11) is 1.21. The Morgan fingerprint density at radius 2 is 2.33 bits per heavy atom. The van der Waals surface area contributed by atoms with E-state index in [1.54, 1.807) is 6.07 Å². The minimum Gasteiger partial charge on any atom is -0.468 e. The molecule has 0 aliphatic carbocycles. The highest BCUT2D eigenvalue weighted by Crippen LogP contribution is 2.15. The molecule has 1 unspecified atom stereocenters. The van der Waals surface area contributed by atoms with Gasteiger partial charge in [-0.25, -0.2) is 4.39 Å². The molecule has 0 amide bonds. The molecule has 0 saturated heterocycles. The molecule has 0 radical (unpaired) electrons. The number of methoxy groups -OCH3 is 1. The van der Waals surface area contributed by atoms with Crippen molar-refractivity contribution in [1.82, 2.24) is 0 Å². The first kappa shape index (κ1) is 11.1. The molecule has 0 heterocycles. The van der Waals surface area contributed by atoms with Gasteiger partial charge in [0.05, 0.1) is 12.7 Å². The van der Waals surface area contributed by atoms with E-state index >= 15 is 0 Å². The second kappa shape index (κ2) is 4.53. The molecule has 0 spiro atoms. The van der Waals surface area contributed by atoms with Crippen molar-refractivity contribution in [2.45, 2.75) is 6.04 Å². The number of hydrogen-bond acceptors (Lipinski definition) is 4. The summed E-state index contributed by atoms with van der Waals surface area (Å²) in [6.45, 7) is 0. The molecule has 15 heavy (non-hydrogen) atoms. The molecule has 1 aromatic rings. The Bertz CT molecular complexity index is 426. The largest absolute Gasteiger partial charge is 0.468 e. The molecule has 2 N–H and O–H groups in total. The molecule has 0 aromatic heterocycles. The summed E-state index contributed by atoms with van der Waals surface area (Å²) >= 11 is 0. The molecule has 0 fully saturated rings. The summed E-state index contributed by atoms with van der Waals surface area (Å²) in [6.07, 6.45) is 0. The Balaban J connectivity index is 3.07. The van der Waals surface area contributed by atoms with Crippen LogP contribution in [0.4, 0.5) is 4.39 Å². The van der Waals surface area contributed by atoms with Gasteiger partial charge in [-0.05, 0) is 17.7 Å². The lowest BCUT2D eigenvalue weighted by Gasteiger charge is -2.09. The van der Waals surface area contributed by atoms with Crippen molar-refractivity contribution in [3.8, 4) is 6.07 Å². The highest BCUT2D eigenvalue weighted by atomic mass is 19.1. The molecule has 1 aromatic carbocycles. The molecule has 0 saturated carbocycles. The normalized spacial score (nSPS) is 11.6. The lowest BCUT2D eigenvalue weighted by Crippen LogP contribution is -2.22. The molecule has 0 aliphatic rings. The van der Waals surface area contributed by atoms with Crippen LogP contribution in [0.2, 0.25) is 0 Å². The van der Waals surface area contributed by atoms with Gasteiger partial charge in [0.2, 0.25) is 0 Å². The topological polar surface area (TPSA) is 76.1 Å². The number of nitrogens with zero attached hydrogens (tertiary/aromatic N) is 1. The maximum absolute atomic E-state index is 12.9. The predicted molar refractivity (Wildman–Crippen MR) is 50.1 cm³/mol. The third-order valence-corrected chi connectivity index (χ3v) is 1.93. The van der Waals surface area contributed by atoms with E-state index in [0.717, 1.165) is 6.07 Å². The van der Waals surface area contributed by atoms with Crippen LogP contribution in [0.15, 0.2) is 18.2 Å². The van der Waals surface area contributed by atoms with Crippen LogP contribution in [-0.2, 0) is 9.53 Å². The van der Waals surface area contributed by atoms with Gasteiger partial charge in [-0.15, -0.1) is 0 Å². The van der Waals surface area contributed by atoms with Crippen LogP contribution in [0, 0.1) is 17.1 Å². The van der Waals surface area contributed by atoms with E-state index in [4.69, 9.17) is 11.0 Å². The van der Waals surface area contributed by atoms with Crippen molar-refractivity contribution in [2.75, 3.05) is 7.11 Å². The van der Waals surface area contributed by atoms with Gasteiger partial charge in [0.1, 0.15) is 17.9 Å². The summed E-state index contributed by atoms with van der Waals surface area (Å²) in [5, 5.41) is 8.57. The van der Waals surface area contributed by atoms with Gasteiger partial charge in [-0.1, -0.05) is 6.07 Å². The first-order valence-electron chi connectivity index (χ1n) is 4.13. The molecular weight excluding hydrogens is 199 g/mol. The minimum absolute atomic E-state index is 0.146. The fourth-order valence-electron chi connectivity index (χ4n) is 1.09. The van der Waals surface area contributed by atoms with Gasteiger partial charge in [-0.3, -0.25) is 4.79 Å². The number of rotatable bonds is 2. The number of hydrogen-bond donors (Lipinski definition) is 1. The number of halogens is 1. The van der Waals surface area contributed by atoms with E-state index in [-0.39, 0.29) is 5.56 Å². The molecule has 0 aliphatic heterocycles. The Kier molecular flexibility index (Phi) is 3.37. The number of ether oxygens (including phenoxy) is 1. The fraction of sp³-hybridized carbons (Fsp3) is 0.200. The smallest absolute Gasteiger partial charge is 0.327 e. The maximum Gasteiger partial charge on any atom is 0.327 e. The lowest BCUT2D eigenvalue weighted by molar-refractivity contribution is -0.142. The van der Waals surface area contributed by atoms with Gasteiger partial charge < -0.3 is 10.5 Å². The molecule has 1 rings (SSSR count). The number of nitriles is 1. The zero-order valence-electron chi connectivity index (χ0n) is 8.03. The third-order valence-electron chi connectivity index (χ3n) is 1.93. The van der Waals surface area contributed by atoms with E-state index in [2.05, 4.69) is 4.74 Å². The number of esters is 1. The van der Waals surface area contributed by atoms with Crippen molar-refractivity contribution < 1.29 is 13.9 Å². The Morgan fingerprint density at radius 1 is 1.67 bits per heavy atom. The van der Waals surface area contributed by atoms with Crippen LogP contribution in [-0.4, -0.2) is 13.1 Å². The summed E-state index contributed by atoms with van der Waals surface area (Å²) in [6, 6.07) is 4.34. The Hall–Kier alpha value is -1.93. The van der Waals surface area contributed by atoms with E-state index in [9.17, 15) is 9.18 Å². The maximum atomic E-state index is 12.9. The van der Waals surface area contributed by atoms with E-state index in [1.807, 2.05) is 0 Å². The van der Waals surface area contributed by atoms with Crippen LogP contribution in [0.25, 0.3) is 0 Å². The molecule has 78 valence electrons. The number of carbonyl (C=O) groups excluding carboxylic acids is 1. The second-order valence-corrected chi connectivity index (χ2v) is 2.85. The van der Waals surface area contributed by atoms with Gasteiger partial charge in [0.25, 0.3) is 0 Å². The predicted octanol–water partition coefficient (Wildman–Crippen LogP) is 0.870. The summed E-state index contributed by atoms with van der Waals surface area (Å²) in [5.41, 5.74) is 5.72. The van der Waals surface area contributed by atoms with Crippen LogP contribution in [0.5, 0.6) is 0 Å². The molecule has 1 atom stereocenters. The number of nitrogens with two attached hydrogens (primary N) is 1. The minimum atomic E-state index is -0.998. The summed E-state index contributed by atoms with van der Waals surface area (Å²) in [5.74, 6) is -1.27. The van der Waals surface area contributed by atoms with Crippen LogP contribution < -0.4 is 5.73 Å². The Labute approximate surface area is 86.1 Å². The van der Waals surface area contributed by atoms with Crippen molar-refractivity contribution in [1.29, 1.82) is 5.26 Å². The van der Waals surface area contributed by atoms with E-state index in [1.165, 1.54) is 19.2 Å². The second-order valence-electron chi connectivity index (χ2n) is 2.85. The van der Waals surface area contributed by atoms with E-state index in [0.29, 0.717) is 5.56 Å². The SMILES string of the molecule is COC(=O)C(N)c1ccc(F)c(C#N)c1. The number of benzene rings is 1. The molecule has 4 nitrogen and oxygen atoms in total. The lowest BCUT2D eigenvalue weighted by atomic mass is 10.0. The zero-order valence-corrected chi connectivity index (χ0v) is 8.03. The fourth-order valence-corrected chi connectivity index (χ4v) is 1.09. The van der Waals surface area contributed by atoms with Crippen LogP contribution in [0.3, 0.4) is 0 Å². The Morgan fingerprint density at radius 3 is 2.87 bits per heavy atom. The molecule has 0 bridgehead atoms. The van der Waals surface area contributed by atoms with Gasteiger partial charge in [0.15, 0.2) is 0 Å². The van der Waals surface area contributed by atoms with Gasteiger partial charge >= 0.3 is 5.97 Å². The molecule has 5 heteroatoms. The highest BCUT2D eigenvalue weighted by molar-refractivity contribution is 5.77. The van der Waals surface area contributed by atoms with Gasteiger partial charge in [-0.2, -0.15) is 5.26 Å². The van der Waals surface area contributed by atoms with Gasteiger partial charge in [0, 0.05) is 0 Å². The number of carbonyl (C=O) groups is 1. The van der Waals surface area contributed by atoms with Crippen LogP contribution in [0.1, 0.15) is 17.2 Å². The third kappa shape index (κ3) is 2.30. The average molecular weight is 208 g/mol. The van der Waals surface area contributed by atoms with Crippen LogP contribution >= 0.6 is 0 Å². The first-order valence-corrected chi connectivity index (χ1v) is 4.13. The zero-order chi connectivity index (χ0) is 11.4. The quantitative estimate of drug-likeness (QED) is 0.731. The first-order chi connectivity index (χ1) is 7.10. The average Bonchev–Trinajstić information content (AvgIpc) is 2.27. The van der Waals surface area contributed by atoms with Crippen molar-refractivity contribution in [2.24, 2.45) is 5.73 Å². The summed E-state index contributed by atoms with van der Waals surface area (Å²) < 4.78 is 17.4. The molecular formula is C10H9FN2O2. The highest BCUT2D eigenvalue weighted by Gasteiger charge is 2.17.